The van der Waals surface area contributed by atoms with E-state index in [1.807, 2.05) is 7.05 Å². The van der Waals surface area contributed by atoms with Crippen LogP contribution in [0.1, 0.15) is 71.0 Å². The Morgan fingerprint density at radius 2 is 1.84 bits per heavy atom. The Hall–Kier alpha value is -0.830. The molecule has 0 aliphatic carbocycles. The molecule has 110 valence electrons. The average molecular weight is 265 g/mol. The van der Waals surface area contributed by atoms with E-state index < -0.39 is 0 Å². The minimum absolute atomic E-state index is 0.359. The number of rotatable bonds is 6. The summed E-state index contributed by atoms with van der Waals surface area (Å²) >= 11 is 0. The zero-order valence-corrected chi connectivity index (χ0v) is 13.8. The fourth-order valence-corrected chi connectivity index (χ4v) is 2.47. The Morgan fingerprint density at radius 3 is 2.26 bits per heavy atom. The fraction of sp³-hybridized carbons (Fsp3) is 0.812. The van der Waals surface area contributed by atoms with Gasteiger partial charge < -0.3 is 5.32 Å². The van der Waals surface area contributed by atoms with Gasteiger partial charge in [-0.1, -0.05) is 34.6 Å². The fourth-order valence-electron chi connectivity index (χ4n) is 2.47. The van der Waals surface area contributed by atoms with Crippen LogP contribution >= 0.6 is 0 Å². The molecule has 1 rings (SSSR count). The highest BCUT2D eigenvalue weighted by Gasteiger charge is 2.20. The molecule has 19 heavy (non-hydrogen) atoms. The molecule has 1 atom stereocenters. The van der Waals surface area contributed by atoms with Gasteiger partial charge in [0, 0.05) is 23.8 Å². The van der Waals surface area contributed by atoms with Gasteiger partial charge in [0.1, 0.15) is 0 Å². The van der Waals surface area contributed by atoms with E-state index in [-0.39, 0.29) is 0 Å². The molecule has 3 nitrogen and oxygen atoms in total. The molecule has 0 saturated heterocycles. The number of hydrogen-bond donors (Lipinski definition) is 1. The normalized spacial score (nSPS) is 13.8. The van der Waals surface area contributed by atoms with Crippen molar-refractivity contribution >= 4 is 0 Å². The smallest absolute Gasteiger partial charge is 0.0672 e. The maximum Gasteiger partial charge on any atom is 0.0672 e. The van der Waals surface area contributed by atoms with Gasteiger partial charge in [-0.3, -0.25) is 4.68 Å². The number of aryl methyl sites for hydroxylation is 2. The monoisotopic (exact) mass is 265 g/mol. The van der Waals surface area contributed by atoms with Crippen LogP contribution in [-0.4, -0.2) is 16.8 Å². The molecule has 0 fully saturated rings. The van der Waals surface area contributed by atoms with E-state index in [1.165, 1.54) is 17.0 Å². The summed E-state index contributed by atoms with van der Waals surface area (Å²) in [6.45, 7) is 14.6. The van der Waals surface area contributed by atoms with Crippen LogP contribution in [0.5, 0.6) is 0 Å². The largest absolute Gasteiger partial charge is 0.313 e. The van der Waals surface area contributed by atoms with Crippen LogP contribution in [0.15, 0.2) is 0 Å². The van der Waals surface area contributed by atoms with E-state index in [1.54, 1.807) is 0 Å². The molecular formula is C16H31N3. The highest BCUT2D eigenvalue weighted by atomic mass is 15.3. The van der Waals surface area contributed by atoms with Gasteiger partial charge in [0.2, 0.25) is 0 Å². The summed E-state index contributed by atoms with van der Waals surface area (Å²) in [6.07, 6.45) is 3.23. The van der Waals surface area contributed by atoms with Crippen LogP contribution < -0.4 is 5.32 Å². The molecule has 1 unspecified atom stereocenters. The van der Waals surface area contributed by atoms with Crippen LogP contribution in [0.3, 0.4) is 0 Å². The van der Waals surface area contributed by atoms with Crippen molar-refractivity contribution in [2.24, 2.45) is 5.41 Å². The predicted octanol–water partition coefficient (Wildman–Crippen LogP) is 3.72. The summed E-state index contributed by atoms with van der Waals surface area (Å²) in [4.78, 5) is 0. The molecule has 0 saturated carbocycles. The van der Waals surface area contributed by atoms with E-state index in [2.05, 4.69) is 51.5 Å². The third-order valence-electron chi connectivity index (χ3n) is 3.78. The minimum Gasteiger partial charge on any atom is -0.313 e. The summed E-state index contributed by atoms with van der Waals surface area (Å²) in [7, 11) is 2.02. The van der Waals surface area contributed by atoms with Crippen LogP contribution in [0.25, 0.3) is 0 Å². The van der Waals surface area contributed by atoms with Gasteiger partial charge in [-0.2, -0.15) is 5.10 Å². The van der Waals surface area contributed by atoms with Crippen molar-refractivity contribution in [2.45, 2.75) is 73.4 Å². The van der Waals surface area contributed by atoms with Gasteiger partial charge in [0.15, 0.2) is 0 Å². The van der Waals surface area contributed by atoms with E-state index in [0.717, 1.165) is 25.8 Å². The van der Waals surface area contributed by atoms with Crippen molar-refractivity contribution in [1.29, 1.82) is 0 Å². The maximum atomic E-state index is 4.85. The Morgan fingerprint density at radius 1 is 1.21 bits per heavy atom. The quantitative estimate of drug-likeness (QED) is 0.849. The Balaban J connectivity index is 3.08. The van der Waals surface area contributed by atoms with E-state index in [0.29, 0.717) is 11.5 Å². The molecule has 1 aromatic rings. The molecule has 0 amide bonds. The minimum atomic E-state index is 0.359. The second-order valence-electron chi connectivity index (χ2n) is 6.56. The first-order chi connectivity index (χ1) is 8.84. The van der Waals surface area contributed by atoms with Gasteiger partial charge in [0.05, 0.1) is 5.69 Å². The SMILES string of the molecule is CCc1nn(CCC(C)(C)C)c(CC)c1C(C)NC. The molecule has 0 aromatic carbocycles. The predicted molar refractivity (Wildman–Crippen MR) is 82.5 cm³/mol. The highest BCUT2D eigenvalue weighted by molar-refractivity contribution is 5.30. The maximum absolute atomic E-state index is 4.85. The van der Waals surface area contributed by atoms with Crippen molar-refractivity contribution in [3.8, 4) is 0 Å². The van der Waals surface area contributed by atoms with Crippen LogP contribution in [0.2, 0.25) is 0 Å². The number of nitrogens with zero attached hydrogens (tertiary/aromatic N) is 2. The number of nitrogens with one attached hydrogen (secondary N) is 1. The summed E-state index contributed by atoms with van der Waals surface area (Å²) in [5.41, 5.74) is 4.44. The first kappa shape index (κ1) is 16.2. The van der Waals surface area contributed by atoms with Crippen molar-refractivity contribution < 1.29 is 0 Å². The zero-order chi connectivity index (χ0) is 14.6. The van der Waals surface area contributed by atoms with E-state index >= 15 is 0 Å². The molecule has 3 heteroatoms. The lowest BCUT2D eigenvalue weighted by Crippen LogP contribution is -2.16. The van der Waals surface area contributed by atoms with Crippen LogP contribution in [0, 0.1) is 5.41 Å². The van der Waals surface area contributed by atoms with Gasteiger partial charge >= 0.3 is 0 Å². The van der Waals surface area contributed by atoms with Gasteiger partial charge in [0.25, 0.3) is 0 Å². The lowest BCUT2D eigenvalue weighted by Gasteiger charge is -2.19. The first-order valence-electron chi connectivity index (χ1n) is 7.59. The number of hydrogen-bond acceptors (Lipinski definition) is 2. The molecule has 0 aliphatic heterocycles. The van der Waals surface area contributed by atoms with Crippen molar-refractivity contribution in [3.63, 3.8) is 0 Å². The van der Waals surface area contributed by atoms with Crippen molar-refractivity contribution in [3.05, 3.63) is 17.0 Å². The lowest BCUT2D eigenvalue weighted by molar-refractivity contribution is 0.337. The first-order valence-corrected chi connectivity index (χ1v) is 7.59. The second kappa shape index (κ2) is 6.56. The van der Waals surface area contributed by atoms with Crippen molar-refractivity contribution in [1.82, 2.24) is 15.1 Å². The molecule has 0 bridgehead atoms. The molecule has 1 aromatic heterocycles. The summed E-state index contributed by atoms with van der Waals surface area (Å²) in [6, 6.07) is 0.383. The number of aromatic nitrogens is 2. The van der Waals surface area contributed by atoms with Crippen molar-refractivity contribution in [2.75, 3.05) is 7.05 Å². The summed E-state index contributed by atoms with van der Waals surface area (Å²) < 4.78 is 2.24. The molecule has 1 heterocycles. The molecule has 0 aliphatic rings. The van der Waals surface area contributed by atoms with Gasteiger partial charge in [-0.15, -0.1) is 0 Å². The zero-order valence-electron chi connectivity index (χ0n) is 13.8. The highest BCUT2D eigenvalue weighted by Crippen LogP contribution is 2.26. The molecule has 0 radical (unpaired) electrons. The average Bonchev–Trinajstić information content (AvgIpc) is 2.72. The molecular weight excluding hydrogens is 234 g/mol. The van der Waals surface area contributed by atoms with E-state index in [9.17, 15) is 0 Å². The standard InChI is InChI=1S/C16H31N3/c1-8-13-15(12(3)17-7)14(9-2)19(18-13)11-10-16(4,5)6/h12,17H,8-11H2,1-7H3. The Labute approximate surface area is 118 Å². The third-order valence-corrected chi connectivity index (χ3v) is 3.78. The van der Waals surface area contributed by atoms with Crippen LogP contribution in [0.4, 0.5) is 0 Å². The summed E-state index contributed by atoms with van der Waals surface area (Å²) in [5.74, 6) is 0. The summed E-state index contributed by atoms with van der Waals surface area (Å²) in [5, 5.41) is 8.21. The lowest BCUT2D eigenvalue weighted by atomic mass is 9.92. The van der Waals surface area contributed by atoms with E-state index in [4.69, 9.17) is 5.10 Å². The molecule has 0 spiro atoms. The van der Waals surface area contributed by atoms with Gasteiger partial charge in [-0.25, -0.2) is 0 Å². The van der Waals surface area contributed by atoms with Crippen LogP contribution in [-0.2, 0) is 19.4 Å². The topological polar surface area (TPSA) is 29.9 Å². The third kappa shape index (κ3) is 4.07. The van der Waals surface area contributed by atoms with Gasteiger partial charge in [-0.05, 0) is 38.6 Å². The second-order valence-corrected chi connectivity index (χ2v) is 6.56. The Bertz CT molecular complexity index is 399. The molecule has 1 N–H and O–H groups in total. The Kier molecular flexibility index (Phi) is 5.60.